The minimum Gasteiger partial charge on any atom is -0.376 e. The van der Waals surface area contributed by atoms with Gasteiger partial charge in [0, 0.05) is 23.3 Å². The van der Waals surface area contributed by atoms with E-state index in [1.807, 2.05) is 23.9 Å². The molecule has 0 spiro atoms. The zero-order valence-corrected chi connectivity index (χ0v) is 15.8. The number of benzene rings is 2. The number of ether oxygens (including phenoxy) is 3. The lowest BCUT2D eigenvalue weighted by molar-refractivity contribution is 0.0271. The first-order valence-electron chi connectivity index (χ1n) is 9.36. The van der Waals surface area contributed by atoms with Crippen LogP contribution in [0.3, 0.4) is 0 Å². The molecule has 138 valence electrons. The number of hydrogen-bond donors (Lipinski definition) is 0. The molecule has 2 aliphatic rings. The number of thioether (sulfide) groups is 1. The Morgan fingerprint density at radius 1 is 0.731 bits per heavy atom. The predicted molar refractivity (Wildman–Crippen MR) is 105 cm³/mol. The van der Waals surface area contributed by atoms with E-state index in [2.05, 4.69) is 48.5 Å². The lowest BCUT2D eigenvalue weighted by atomic mass is 9.89. The van der Waals surface area contributed by atoms with Crippen LogP contribution in [0.4, 0.5) is 0 Å². The Hall–Kier alpha value is -1.33. The van der Waals surface area contributed by atoms with Gasteiger partial charge in [0.1, 0.15) is 0 Å². The second kappa shape index (κ2) is 9.05. The Kier molecular flexibility index (Phi) is 6.28. The highest BCUT2D eigenvalue weighted by molar-refractivity contribution is 7.99. The quantitative estimate of drug-likeness (QED) is 0.697. The van der Waals surface area contributed by atoms with Crippen molar-refractivity contribution in [2.75, 3.05) is 24.7 Å². The Morgan fingerprint density at radius 2 is 1.19 bits per heavy atom. The van der Waals surface area contributed by atoms with Crippen LogP contribution >= 0.6 is 11.8 Å². The van der Waals surface area contributed by atoms with E-state index in [-0.39, 0.29) is 0 Å². The fraction of sp³-hybridized carbons (Fsp3) is 0.455. The van der Waals surface area contributed by atoms with Gasteiger partial charge < -0.3 is 14.2 Å². The zero-order chi connectivity index (χ0) is 17.6. The van der Waals surface area contributed by atoms with Crippen molar-refractivity contribution in [3.05, 3.63) is 71.8 Å². The van der Waals surface area contributed by atoms with Crippen LogP contribution in [0.15, 0.2) is 60.7 Å². The van der Waals surface area contributed by atoms with Crippen LogP contribution in [0, 0.1) is 11.8 Å². The van der Waals surface area contributed by atoms with E-state index in [0.717, 1.165) is 24.7 Å². The molecule has 2 fully saturated rings. The van der Waals surface area contributed by atoms with Crippen molar-refractivity contribution < 1.29 is 14.2 Å². The van der Waals surface area contributed by atoms with Crippen LogP contribution in [-0.2, 0) is 27.4 Å². The van der Waals surface area contributed by atoms with E-state index in [0.29, 0.717) is 37.3 Å². The van der Waals surface area contributed by atoms with Crippen LogP contribution in [0.5, 0.6) is 0 Å². The van der Waals surface area contributed by atoms with Crippen LogP contribution in [0.2, 0.25) is 0 Å². The summed E-state index contributed by atoms with van der Waals surface area (Å²) in [5, 5.41) is 0. The van der Waals surface area contributed by atoms with E-state index >= 15 is 0 Å². The van der Waals surface area contributed by atoms with Crippen molar-refractivity contribution >= 4 is 11.8 Å². The van der Waals surface area contributed by atoms with Crippen molar-refractivity contribution in [3.8, 4) is 0 Å². The van der Waals surface area contributed by atoms with Gasteiger partial charge in [-0.25, -0.2) is 0 Å². The third-order valence-corrected chi connectivity index (χ3v) is 6.39. The van der Waals surface area contributed by atoms with E-state index in [1.165, 1.54) is 11.1 Å². The van der Waals surface area contributed by atoms with E-state index in [4.69, 9.17) is 14.2 Å². The molecule has 4 rings (SSSR count). The predicted octanol–water partition coefficient (Wildman–Crippen LogP) is 4.17. The minimum absolute atomic E-state index is 0.305. The molecule has 0 radical (unpaired) electrons. The van der Waals surface area contributed by atoms with Crippen LogP contribution in [-0.4, -0.2) is 36.9 Å². The summed E-state index contributed by atoms with van der Waals surface area (Å²) in [5.41, 5.74) is 2.45. The molecular weight excluding hydrogens is 344 g/mol. The van der Waals surface area contributed by atoms with Gasteiger partial charge in [-0.3, -0.25) is 0 Å². The molecule has 0 N–H and O–H groups in total. The maximum Gasteiger partial charge on any atom is 0.0724 e. The average molecular weight is 371 g/mol. The molecule has 2 bridgehead atoms. The molecule has 0 aromatic heterocycles. The standard InChI is InChI=1S/C22H26O3S/c1-3-7-17(8-4-1)11-23-13-19-20(22-16-26-15-21(19)25-22)14-24-12-18-9-5-2-6-10-18/h1-10,19-22H,11-16H2/t19-,20+,21+,22-. The van der Waals surface area contributed by atoms with Crippen molar-refractivity contribution in [1.29, 1.82) is 0 Å². The molecular formula is C22H26O3S. The van der Waals surface area contributed by atoms with E-state index < -0.39 is 0 Å². The van der Waals surface area contributed by atoms with Gasteiger partial charge in [0.15, 0.2) is 0 Å². The molecule has 0 saturated carbocycles. The van der Waals surface area contributed by atoms with Gasteiger partial charge in [-0.05, 0) is 11.1 Å². The van der Waals surface area contributed by atoms with Gasteiger partial charge >= 0.3 is 0 Å². The molecule has 0 unspecified atom stereocenters. The van der Waals surface area contributed by atoms with Gasteiger partial charge in [0.05, 0.1) is 38.6 Å². The molecule has 0 aliphatic carbocycles. The molecule has 2 aromatic carbocycles. The zero-order valence-electron chi connectivity index (χ0n) is 15.0. The summed E-state index contributed by atoms with van der Waals surface area (Å²) < 4.78 is 18.4. The SMILES string of the molecule is c1ccc(COC[C@@H]2[C@H](COCc3ccccc3)[C@H]3CSC[C@@H]2O3)cc1. The molecule has 4 atom stereocenters. The number of rotatable bonds is 8. The van der Waals surface area contributed by atoms with Gasteiger partial charge in [-0.1, -0.05) is 60.7 Å². The molecule has 2 aliphatic heterocycles. The van der Waals surface area contributed by atoms with Gasteiger partial charge in [-0.2, -0.15) is 11.8 Å². The topological polar surface area (TPSA) is 27.7 Å². The third kappa shape index (κ3) is 4.49. The van der Waals surface area contributed by atoms with Crippen molar-refractivity contribution in [1.82, 2.24) is 0 Å². The summed E-state index contributed by atoms with van der Waals surface area (Å²) in [7, 11) is 0. The highest BCUT2D eigenvalue weighted by Crippen LogP contribution is 2.40. The lowest BCUT2D eigenvalue weighted by Gasteiger charge is -2.22. The van der Waals surface area contributed by atoms with Crippen molar-refractivity contribution in [2.45, 2.75) is 25.4 Å². The highest BCUT2D eigenvalue weighted by atomic mass is 32.2. The first kappa shape index (κ1) is 18.1. The Morgan fingerprint density at radius 3 is 1.65 bits per heavy atom. The van der Waals surface area contributed by atoms with E-state index in [1.54, 1.807) is 0 Å². The maximum atomic E-state index is 6.25. The lowest BCUT2D eigenvalue weighted by Crippen LogP contribution is -2.29. The number of hydrogen-bond acceptors (Lipinski definition) is 4. The average Bonchev–Trinajstić information content (AvgIpc) is 2.93. The molecule has 3 nitrogen and oxygen atoms in total. The fourth-order valence-electron chi connectivity index (χ4n) is 3.84. The molecule has 2 heterocycles. The first-order valence-corrected chi connectivity index (χ1v) is 10.5. The summed E-state index contributed by atoms with van der Waals surface area (Å²) in [4.78, 5) is 0. The summed E-state index contributed by atoms with van der Waals surface area (Å²) >= 11 is 2.00. The van der Waals surface area contributed by atoms with E-state index in [9.17, 15) is 0 Å². The van der Waals surface area contributed by atoms with Crippen LogP contribution in [0.1, 0.15) is 11.1 Å². The Balaban J connectivity index is 1.31. The van der Waals surface area contributed by atoms with Gasteiger partial charge in [0.2, 0.25) is 0 Å². The summed E-state index contributed by atoms with van der Waals surface area (Å²) in [5.74, 6) is 3.00. The minimum atomic E-state index is 0.305. The van der Waals surface area contributed by atoms with Gasteiger partial charge in [-0.15, -0.1) is 0 Å². The molecule has 0 amide bonds. The highest BCUT2D eigenvalue weighted by Gasteiger charge is 2.46. The summed E-state index contributed by atoms with van der Waals surface area (Å²) in [6.07, 6.45) is 0.611. The monoisotopic (exact) mass is 370 g/mol. The maximum absolute atomic E-state index is 6.25. The Bertz CT molecular complexity index is 606. The molecule has 2 aromatic rings. The van der Waals surface area contributed by atoms with Crippen LogP contribution < -0.4 is 0 Å². The molecule has 2 saturated heterocycles. The second-order valence-corrected chi connectivity index (χ2v) is 8.15. The smallest absolute Gasteiger partial charge is 0.0724 e. The van der Waals surface area contributed by atoms with Crippen molar-refractivity contribution in [2.24, 2.45) is 11.8 Å². The number of fused-ring (bicyclic) bond motifs is 2. The molecule has 26 heavy (non-hydrogen) atoms. The van der Waals surface area contributed by atoms with Crippen molar-refractivity contribution in [3.63, 3.8) is 0 Å². The normalized spacial score (nSPS) is 27.5. The van der Waals surface area contributed by atoms with Gasteiger partial charge in [0.25, 0.3) is 0 Å². The summed E-state index contributed by atoms with van der Waals surface area (Å²) in [6, 6.07) is 20.7. The third-order valence-electron chi connectivity index (χ3n) is 5.26. The second-order valence-electron chi connectivity index (χ2n) is 7.08. The Labute approximate surface area is 160 Å². The fourth-order valence-corrected chi connectivity index (χ4v) is 5.09. The summed E-state index contributed by atoms with van der Waals surface area (Å²) in [6.45, 7) is 2.82. The molecule has 4 heteroatoms. The van der Waals surface area contributed by atoms with Crippen LogP contribution in [0.25, 0.3) is 0 Å². The first-order chi connectivity index (χ1) is 12.9. The largest absolute Gasteiger partial charge is 0.376 e.